The Kier molecular flexibility index (Phi) is 3.37. The molecule has 2 N–H and O–H groups in total. The van der Waals surface area contributed by atoms with Crippen LogP contribution in [0.2, 0.25) is 0 Å². The van der Waals surface area contributed by atoms with Gasteiger partial charge in [-0.1, -0.05) is 18.2 Å². The first-order chi connectivity index (χ1) is 8.74. The molecule has 1 fully saturated rings. The van der Waals surface area contributed by atoms with E-state index in [2.05, 4.69) is 36.1 Å². The molecule has 0 bridgehead atoms. The zero-order chi connectivity index (χ0) is 12.5. The Balaban J connectivity index is 1.80. The minimum Gasteiger partial charge on any atom is -0.328 e. The maximum Gasteiger partial charge on any atom is 0.0348 e. The number of aryl methyl sites for hydroxylation is 1. The van der Waals surface area contributed by atoms with Gasteiger partial charge in [0.05, 0.1) is 0 Å². The second-order valence-corrected chi connectivity index (χ2v) is 6.40. The maximum atomic E-state index is 5.96. The number of hydrogen-bond donors (Lipinski definition) is 1. The first kappa shape index (κ1) is 12.2. The van der Waals surface area contributed by atoms with Crippen LogP contribution in [0.3, 0.4) is 0 Å². The molecular weight excluding hydrogens is 240 g/mol. The lowest BCUT2D eigenvalue weighted by Gasteiger charge is -2.29. The standard InChI is InChI=1S/C15H20N2S/c1-11-13-4-2-3-5-14(13)18-15(11)10-17-8-6-12(16)7-9-17/h2-5,12H,6-10,16H2,1H3. The summed E-state index contributed by atoms with van der Waals surface area (Å²) in [4.78, 5) is 4.06. The molecule has 1 aromatic heterocycles. The summed E-state index contributed by atoms with van der Waals surface area (Å²) < 4.78 is 1.42. The van der Waals surface area contributed by atoms with Crippen molar-refractivity contribution in [2.75, 3.05) is 13.1 Å². The average molecular weight is 260 g/mol. The Morgan fingerprint density at radius 1 is 1.28 bits per heavy atom. The van der Waals surface area contributed by atoms with Crippen molar-refractivity contribution in [3.8, 4) is 0 Å². The van der Waals surface area contributed by atoms with Gasteiger partial charge < -0.3 is 5.73 Å². The van der Waals surface area contributed by atoms with E-state index in [9.17, 15) is 0 Å². The van der Waals surface area contributed by atoms with Gasteiger partial charge in [0.25, 0.3) is 0 Å². The average Bonchev–Trinajstić information content (AvgIpc) is 2.70. The van der Waals surface area contributed by atoms with Crippen LogP contribution in [0.15, 0.2) is 24.3 Å². The number of benzene rings is 1. The van der Waals surface area contributed by atoms with E-state index in [1.807, 2.05) is 11.3 Å². The van der Waals surface area contributed by atoms with Crippen LogP contribution >= 0.6 is 11.3 Å². The molecule has 0 saturated carbocycles. The van der Waals surface area contributed by atoms with Crippen LogP contribution in [0.1, 0.15) is 23.3 Å². The molecule has 0 spiro atoms. The van der Waals surface area contributed by atoms with E-state index < -0.39 is 0 Å². The zero-order valence-corrected chi connectivity index (χ0v) is 11.7. The molecule has 0 atom stereocenters. The minimum atomic E-state index is 0.421. The normalized spacial score (nSPS) is 18.6. The fourth-order valence-corrected chi connectivity index (χ4v) is 3.94. The Bertz CT molecular complexity index is 538. The van der Waals surface area contributed by atoms with Crippen molar-refractivity contribution in [2.45, 2.75) is 32.4 Å². The molecule has 18 heavy (non-hydrogen) atoms. The van der Waals surface area contributed by atoms with E-state index in [0.29, 0.717) is 6.04 Å². The highest BCUT2D eigenvalue weighted by Gasteiger charge is 2.18. The van der Waals surface area contributed by atoms with Crippen molar-refractivity contribution in [1.29, 1.82) is 0 Å². The number of likely N-dealkylation sites (tertiary alicyclic amines) is 1. The summed E-state index contributed by atoms with van der Waals surface area (Å²) in [6.07, 6.45) is 2.29. The van der Waals surface area contributed by atoms with Gasteiger partial charge >= 0.3 is 0 Å². The molecule has 0 radical (unpaired) electrons. The second-order valence-electron chi connectivity index (χ2n) is 5.26. The molecule has 1 aliphatic rings. The van der Waals surface area contributed by atoms with E-state index >= 15 is 0 Å². The van der Waals surface area contributed by atoms with E-state index in [4.69, 9.17) is 5.73 Å². The van der Waals surface area contributed by atoms with Crippen molar-refractivity contribution >= 4 is 21.4 Å². The lowest BCUT2D eigenvalue weighted by atomic mass is 10.1. The third-order valence-corrected chi connectivity index (χ3v) is 5.20. The maximum absolute atomic E-state index is 5.96. The predicted molar refractivity (Wildman–Crippen MR) is 79.0 cm³/mol. The molecule has 1 saturated heterocycles. The van der Waals surface area contributed by atoms with E-state index in [1.165, 1.54) is 20.5 Å². The number of nitrogens with zero attached hydrogens (tertiary/aromatic N) is 1. The first-order valence-electron chi connectivity index (χ1n) is 6.69. The second kappa shape index (κ2) is 5.00. The Morgan fingerprint density at radius 2 is 2.00 bits per heavy atom. The van der Waals surface area contributed by atoms with Crippen molar-refractivity contribution in [3.05, 3.63) is 34.7 Å². The van der Waals surface area contributed by atoms with E-state index in [0.717, 1.165) is 32.5 Å². The molecule has 96 valence electrons. The number of hydrogen-bond acceptors (Lipinski definition) is 3. The highest BCUT2D eigenvalue weighted by Crippen LogP contribution is 2.31. The van der Waals surface area contributed by atoms with Gasteiger partial charge in [-0.3, -0.25) is 4.90 Å². The van der Waals surface area contributed by atoms with Gasteiger partial charge in [0, 0.05) is 22.2 Å². The third-order valence-electron chi connectivity index (χ3n) is 3.94. The molecule has 0 aliphatic carbocycles. The Hall–Kier alpha value is -0.900. The fraction of sp³-hybridized carbons (Fsp3) is 0.467. The van der Waals surface area contributed by atoms with E-state index in [-0.39, 0.29) is 0 Å². The van der Waals surface area contributed by atoms with Gasteiger partial charge in [-0.2, -0.15) is 0 Å². The number of fused-ring (bicyclic) bond motifs is 1. The van der Waals surface area contributed by atoms with Crippen LogP contribution in [0.5, 0.6) is 0 Å². The lowest BCUT2D eigenvalue weighted by Crippen LogP contribution is -2.39. The van der Waals surface area contributed by atoms with Crippen LogP contribution in [-0.4, -0.2) is 24.0 Å². The summed E-state index contributed by atoms with van der Waals surface area (Å²) in [5.74, 6) is 0. The number of thiophene rings is 1. The molecule has 1 aliphatic heterocycles. The summed E-state index contributed by atoms with van der Waals surface area (Å²) in [5.41, 5.74) is 7.42. The number of nitrogens with two attached hydrogens (primary N) is 1. The molecule has 2 nitrogen and oxygen atoms in total. The highest BCUT2D eigenvalue weighted by molar-refractivity contribution is 7.19. The summed E-state index contributed by atoms with van der Waals surface area (Å²) >= 11 is 1.95. The van der Waals surface area contributed by atoms with Crippen LogP contribution < -0.4 is 5.73 Å². The first-order valence-corrected chi connectivity index (χ1v) is 7.50. The molecular formula is C15H20N2S. The summed E-state index contributed by atoms with van der Waals surface area (Å²) in [6.45, 7) is 5.64. The number of rotatable bonds is 2. The van der Waals surface area contributed by atoms with Gasteiger partial charge in [0.15, 0.2) is 0 Å². The van der Waals surface area contributed by atoms with Crippen LogP contribution in [0.25, 0.3) is 10.1 Å². The van der Waals surface area contributed by atoms with Gasteiger partial charge in [-0.05, 0) is 49.9 Å². The zero-order valence-electron chi connectivity index (χ0n) is 10.9. The molecule has 0 amide bonds. The third kappa shape index (κ3) is 2.30. The largest absolute Gasteiger partial charge is 0.328 e. The topological polar surface area (TPSA) is 29.3 Å². The molecule has 3 rings (SSSR count). The lowest BCUT2D eigenvalue weighted by molar-refractivity contribution is 0.207. The van der Waals surface area contributed by atoms with Crippen molar-refractivity contribution in [2.24, 2.45) is 5.73 Å². The molecule has 2 aromatic rings. The van der Waals surface area contributed by atoms with Crippen molar-refractivity contribution < 1.29 is 0 Å². The van der Waals surface area contributed by atoms with E-state index in [1.54, 1.807) is 0 Å². The molecule has 3 heteroatoms. The Morgan fingerprint density at radius 3 is 2.72 bits per heavy atom. The summed E-state index contributed by atoms with van der Waals surface area (Å²) in [5, 5.41) is 1.42. The van der Waals surface area contributed by atoms with Gasteiger partial charge in [-0.15, -0.1) is 11.3 Å². The van der Waals surface area contributed by atoms with Crippen molar-refractivity contribution in [3.63, 3.8) is 0 Å². The summed E-state index contributed by atoms with van der Waals surface area (Å²) in [7, 11) is 0. The van der Waals surface area contributed by atoms with Crippen LogP contribution in [0, 0.1) is 6.92 Å². The molecule has 0 unspecified atom stereocenters. The van der Waals surface area contributed by atoms with Gasteiger partial charge in [0.2, 0.25) is 0 Å². The van der Waals surface area contributed by atoms with Gasteiger partial charge in [-0.25, -0.2) is 0 Å². The van der Waals surface area contributed by atoms with Crippen molar-refractivity contribution in [1.82, 2.24) is 4.90 Å². The molecule has 2 heterocycles. The number of piperidine rings is 1. The fourth-order valence-electron chi connectivity index (χ4n) is 2.69. The van der Waals surface area contributed by atoms with Crippen LogP contribution in [0.4, 0.5) is 0 Å². The minimum absolute atomic E-state index is 0.421. The monoisotopic (exact) mass is 260 g/mol. The molecule has 1 aromatic carbocycles. The Labute approximate surface area is 112 Å². The smallest absolute Gasteiger partial charge is 0.0348 e. The van der Waals surface area contributed by atoms with Crippen LogP contribution in [-0.2, 0) is 6.54 Å². The quantitative estimate of drug-likeness (QED) is 0.899. The predicted octanol–water partition coefficient (Wildman–Crippen LogP) is 3.13. The van der Waals surface area contributed by atoms with Gasteiger partial charge in [0.1, 0.15) is 0 Å². The summed E-state index contributed by atoms with van der Waals surface area (Å²) in [6, 6.07) is 9.14. The highest BCUT2D eigenvalue weighted by atomic mass is 32.1. The SMILES string of the molecule is Cc1c(CN2CCC(N)CC2)sc2ccccc12.